The third kappa shape index (κ3) is 6.08. The first-order valence-electron chi connectivity index (χ1n) is 14.0. The van der Waals surface area contributed by atoms with E-state index in [1.54, 1.807) is 0 Å². The van der Waals surface area contributed by atoms with Crippen LogP contribution in [0.25, 0.3) is 0 Å². The molecular weight excluding hydrogens is 450 g/mol. The van der Waals surface area contributed by atoms with E-state index >= 15 is 0 Å². The number of aliphatic hydroxyl groups is 1. The van der Waals surface area contributed by atoms with Crippen molar-refractivity contribution in [1.82, 2.24) is 0 Å². The molecule has 3 nitrogen and oxygen atoms in total. The maximum absolute atomic E-state index is 11.2. The van der Waals surface area contributed by atoms with Crippen LogP contribution in [0.5, 0.6) is 0 Å². The standard InChI is InChI=1S/C21H35NO2.C10H14S/c1-4-10-20(2)14(9-11-23)5-7-16-17-8-6-15(13-24)21(17,3)12-18(22)19(16)20;1-2-11-9-8-10-6-4-3-5-7-10/h9,11,15-19,24H,4-8,10,12-13,22H2,1-3H3;3-7H,2,8-9H2,1H3/b14-9-;. The average molecular weight is 500 g/mol. The summed E-state index contributed by atoms with van der Waals surface area (Å²) < 4.78 is 0. The minimum atomic E-state index is 0.0661. The molecule has 0 saturated heterocycles. The van der Waals surface area contributed by atoms with Crippen LogP contribution in [0.4, 0.5) is 0 Å². The highest BCUT2D eigenvalue weighted by atomic mass is 32.2. The van der Waals surface area contributed by atoms with Gasteiger partial charge in [-0.1, -0.05) is 70.0 Å². The molecule has 0 aromatic heterocycles. The summed E-state index contributed by atoms with van der Waals surface area (Å²) in [5.41, 5.74) is 9.87. The summed E-state index contributed by atoms with van der Waals surface area (Å²) in [5, 5.41) is 9.86. The van der Waals surface area contributed by atoms with Crippen LogP contribution in [0, 0.1) is 34.5 Å². The van der Waals surface area contributed by atoms with Crippen LogP contribution >= 0.6 is 11.8 Å². The van der Waals surface area contributed by atoms with Crippen LogP contribution < -0.4 is 5.73 Å². The molecule has 35 heavy (non-hydrogen) atoms. The molecule has 4 heteroatoms. The van der Waals surface area contributed by atoms with Crippen molar-refractivity contribution in [2.75, 3.05) is 18.1 Å². The number of allylic oxidation sites excluding steroid dienone is 2. The number of nitrogens with two attached hydrogens (primary N) is 1. The first-order valence-corrected chi connectivity index (χ1v) is 15.1. The number of carbonyl (C=O) groups is 1. The van der Waals surface area contributed by atoms with Gasteiger partial charge in [0.2, 0.25) is 0 Å². The molecule has 0 amide bonds. The summed E-state index contributed by atoms with van der Waals surface area (Å²) in [6, 6.07) is 10.8. The molecule has 3 aliphatic carbocycles. The van der Waals surface area contributed by atoms with Crippen molar-refractivity contribution in [2.24, 2.45) is 40.2 Å². The summed E-state index contributed by atoms with van der Waals surface area (Å²) in [7, 11) is 0. The number of benzene rings is 1. The maximum atomic E-state index is 11.2. The number of fused-ring (bicyclic) bond motifs is 3. The molecule has 3 fully saturated rings. The second kappa shape index (κ2) is 12.9. The highest BCUT2D eigenvalue weighted by molar-refractivity contribution is 7.99. The number of hydrogen-bond acceptors (Lipinski definition) is 4. The van der Waals surface area contributed by atoms with Gasteiger partial charge in [0.25, 0.3) is 0 Å². The summed E-state index contributed by atoms with van der Waals surface area (Å²) in [6.07, 6.45) is 11.9. The minimum Gasteiger partial charge on any atom is -0.396 e. The topological polar surface area (TPSA) is 63.3 Å². The fraction of sp³-hybridized carbons (Fsp3) is 0.710. The minimum absolute atomic E-state index is 0.0661. The quantitative estimate of drug-likeness (QED) is 0.238. The van der Waals surface area contributed by atoms with Gasteiger partial charge >= 0.3 is 0 Å². The van der Waals surface area contributed by atoms with E-state index in [9.17, 15) is 9.90 Å². The second-order valence-corrected chi connectivity index (χ2v) is 13.0. The molecule has 3 aliphatic rings. The zero-order valence-electron chi connectivity index (χ0n) is 22.5. The lowest BCUT2D eigenvalue weighted by Crippen LogP contribution is -2.58. The number of aryl methyl sites for hydroxylation is 1. The predicted octanol–water partition coefficient (Wildman–Crippen LogP) is 6.68. The summed E-state index contributed by atoms with van der Waals surface area (Å²) in [6.45, 7) is 9.50. The third-order valence-electron chi connectivity index (χ3n) is 9.78. The summed E-state index contributed by atoms with van der Waals surface area (Å²) in [4.78, 5) is 11.2. The fourth-order valence-corrected chi connectivity index (χ4v) is 8.86. The molecule has 1 aromatic rings. The number of rotatable bonds is 8. The molecule has 1 aromatic carbocycles. The molecule has 7 atom stereocenters. The van der Waals surface area contributed by atoms with Crippen LogP contribution in [-0.2, 0) is 11.2 Å². The number of aldehydes is 1. The average Bonchev–Trinajstić information content (AvgIpc) is 3.18. The van der Waals surface area contributed by atoms with Crippen molar-refractivity contribution < 1.29 is 9.90 Å². The van der Waals surface area contributed by atoms with Crippen LogP contribution in [0.15, 0.2) is 42.0 Å². The van der Waals surface area contributed by atoms with Crippen LogP contribution in [-0.4, -0.2) is 35.5 Å². The van der Waals surface area contributed by atoms with Crippen molar-refractivity contribution in [3.05, 3.63) is 47.5 Å². The zero-order valence-corrected chi connectivity index (χ0v) is 23.4. The zero-order chi connectivity index (χ0) is 25.5. The highest BCUT2D eigenvalue weighted by Crippen LogP contribution is 2.65. The lowest BCUT2D eigenvalue weighted by Gasteiger charge is -2.59. The van der Waals surface area contributed by atoms with E-state index < -0.39 is 0 Å². The number of aliphatic hydroxyl groups excluding tert-OH is 1. The Bertz CT molecular complexity index is 827. The van der Waals surface area contributed by atoms with E-state index in [4.69, 9.17) is 5.73 Å². The Labute approximate surface area is 218 Å². The van der Waals surface area contributed by atoms with Gasteiger partial charge in [-0.15, -0.1) is 0 Å². The summed E-state index contributed by atoms with van der Waals surface area (Å²) >= 11 is 2.00. The van der Waals surface area contributed by atoms with Crippen molar-refractivity contribution in [3.8, 4) is 0 Å². The fourth-order valence-electron chi connectivity index (χ4n) is 8.20. The largest absolute Gasteiger partial charge is 0.396 e. The molecule has 4 rings (SSSR count). The first-order chi connectivity index (χ1) is 16.9. The number of hydrogen-bond donors (Lipinski definition) is 2. The normalized spacial score (nSPS) is 37.2. The van der Waals surface area contributed by atoms with Gasteiger partial charge in [-0.2, -0.15) is 11.8 Å². The second-order valence-electron chi connectivity index (χ2n) is 11.6. The Hall–Kier alpha value is -1.10. The van der Waals surface area contributed by atoms with Gasteiger partial charge < -0.3 is 10.8 Å². The van der Waals surface area contributed by atoms with Gasteiger partial charge in [-0.25, -0.2) is 0 Å². The van der Waals surface area contributed by atoms with Gasteiger partial charge in [0.1, 0.15) is 6.29 Å². The predicted molar refractivity (Wildman–Crippen MR) is 151 cm³/mol. The van der Waals surface area contributed by atoms with E-state index in [1.807, 2.05) is 17.8 Å². The van der Waals surface area contributed by atoms with E-state index in [0.717, 1.165) is 44.8 Å². The molecule has 3 N–H and O–H groups in total. The third-order valence-corrected chi connectivity index (χ3v) is 10.7. The van der Waals surface area contributed by atoms with E-state index in [-0.39, 0.29) is 16.9 Å². The Balaban J connectivity index is 0.000000261. The summed E-state index contributed by atoms with van der Waals surface area (Å²) in [5.74, 6) is 4.71. The lowest BCUT2D eigenvalue weighted by molar-refractivity contribution is -0.104. The lowest BCUT2D eigenvalue weighted by atomic mass is 9.46. The van der Waals surface area contributed by atoms with Gasteiger partial charge in [-0.05, 0) is 103 Å². The van der Waals surface area contributed by atoms with Gasteiger partial charge in [0, 0.05) is 12.6 Å². The molecule has 0 spiro atoms. The van der Waals surface area contributed by atoms with Crippen LogP contribution in [0.1, 0.15) is 78.2 Å². The highest BCUT2D eigenvalue weighted by Gasteiger charge is 2.60. The molecule has 0 radical (unpaired) electrons. The van der Waals surface area contributed by atoms with Gasteiger partial charge in [0.15, 0.2) is 0 Å². The maximum Gasteiger partial charge on any atom is 0.142 e. The van der Waals surface area contributed by atoms with Gasteiger partial charge in [0.05, 0.1) is 0 Å². The van der Waals surface area contributed by atoms with Crippen molar-refractivity contribution in [1.29, 1.82) is 0 Å². The van der Waals surface area contributed by atoms with E-state index in [0.29, 0.717) is 30.3 Å². The molecule has 196 valence electrons. The Morgan fingerprint density at radius 3 is 2.51 bits per heavy atom. The smallest absolute Gasteiger partial charge is 0.142 e. The molecule has 0 aliphatic heterocycles. The SMILES string of the molecule is CCCC1(C)/C(=C\C=O)CCC2C1C(N)CC1(C)C(CO)CCC21.CCSCCc1ccccc1. The Morgan fingerprint density at radius 2 is 1.89 bits per heavy atom. The van der Waals surface area contributed by atoms with Crippen LogP contribution in [0.3, 0.4) is 0 Å². The molecular formula is C31H49NO2S. The molecule has 3 saturated carbocycles. The Morgan fingerprint density at radius 1 is 1.14 bits per heavy atom. The van der Waals surface area contributed by atoms with Crippen molar-refractivity contribution in [2.45, 2.75) is 85.1 Å². The first kappa shape index (κ1) is 28.5. The molecule has 0 heterocycles. The molecule has 7 unspecified atom stereocenters. The molecule has 0 bridgehead atoms. The van der Waals surface area contributed by atoms with Crippen molar-refractivity contribution in [3.63, 3.8) is 0 Å². The Kier molecular flexibility index (Phi) is 10.5. The van der Waals surface area contributed by atoms with E-state index in [2.05, 4.69) is 58.0 Å². The van der Waals surface area contributed by atoms with Gasteiger partial charge in [-0.3, -0.25) is 4.79 Å². The number of carbonyl (C=O) groups excluding carboxylic acids is 1. The number of thioether (sulfide) groups is 1. The monoisotopic (exact) mass is 499 g/mol. The van der Waals surface area contributed by atoms with Crippen LogP contribution in [0.2, 0.25) is 0 Å². The van der Waals surface area contributed by atoms with Crippen molar-refractivity contribution >= 4 is 18.0 Å². The van der Waals surface area contributed by atoms with E-state index in [1.165, 1.54) is 35.5 Å².